The zero-order valence-corrected chi connectivity index (χ0v) is 17.5. The minimum Gasteiger partial charge on any atom is -0.481 e. The Balaban J connectivity index is 2.06. The summed E-state index contributed by atoms with van der Waals surface area (Å²) in [6, 6.07) is 18.2. The maximum absolute atomic E-state index is 12.2. The molecule has 30 heavy (non-hydrogen) atoms. The third-order valence-corrected chi connectivity index (χ3v) is 5.51. The number of hydrogen-bond acceptors (Lipinski definition) is 3. The number of carboxylic acid groups (broad SMARTS) is 1. The van der Waals surface area contributed by atoms with Gasteiger partial charge in [-0.25, -0.2) is 9.50 Å². The van der Waals surface area contributed by atoms with Gasteiger partial charge in [-0.05, 0) is 25.8 Å². The highest BCUT2D eigenvalue weighted by Gasteiger charge is 2.28. The predicted octanol–water partition coefficient (Wildman–Crippen LogP) is 5.65. The molecule has 0 spiro atoms. The van der Waals surface area contributed by atoms with Gasteiger partial charge in [-0.3, -0.25) is 4.79 Å². The van der Waals surface area contributed by atoms with Crippen LogP contribution in [0.2, 0.25) is 0 Å². The lowest BCUT2D eigenvalue weighted by atomic mass is 9.89. The number of aromatic nitrogens is 3. The highest BCUT2D eigenvalue weighted by molar-refractivity contribution is 5.84. The lowest BCUT2D eigenvalue weighted by Crippen LogP contribution is -2.17. The van der Waals surface area contributed by atoms with Crippen LogP contribution in [-0.2, 0) is 4.79 Å². The summed E-state index contributed by atoms with van der Waals surface area (Å²) in [5.41, 5.74) is 7.07. The van der Waals surface area contributed by atoms with E-state index in [1.54, 1.807) is 4.52 Å². The van der Waals surface area contributed by atoms with Crippen molar-refractivity contribution in [1.82, 2.24) is 14.6 Å². The van der Waals surface area contributed by atoms with Gasteiger partial charge >= 0.3 is 5.97 Å². The van der Waals surface area contributed by atoms with Crippen LogP contribution < -0.4 is 0 Å². The third kappa shape index (κ3) is 3.47. The molecule has 4 aromatic rings. The maximum atomic E-state index is 12.2. The van der Waals surface area contributed by atoms with E-state index in [1.165, 1.54) is 0 Å². The SMILES string of the molecule is CCCC(C(=O)O)c1c(C)nc2c(-c3ccccc3)cnn2c1-c1ccc(C)cc1. The molecule has 0 amide bonds. The van der Waals surface area contributed by atoms with E-state index in [9.17, 15) is 9.90 Å². The molecule has 1 atom stereocenters. The molecular weight excluding hydrogens is 374 g/mol. The number of aryl methyl sites for hydroxylation is 2. The fourth-order valence-electron chi connectivity index (χ4n) is 4.03. The number of carboxylic acids is 1. The zero-order chi connectivity index (χ0) is 21.3. The van der Waals surface area contributed by atoms with Crippen molar-refractivity contribution in [3.8, 4) is 22.4 Å². The molecule has 0 aliphatic carbocycles. The minimum absolute atomic E-state index is 0.551. The number of hydrogen-bond donors (Lipinski definition) is 1. The van der Waals surface area contributed by atoms with Crippen LogP contribution in [0.25, 0.3) is 28.0 Å². The number of benzene rings is 2. The van der Waals surface area contributed by atoms with E-state index in [4.69, 9.17) is 4.98 Å². The molecule has 0 radical (unpaired) electrons. The van der Waals surface area contributed by atoms with Gasteiger partial charge in [0.15, 0.2) is 5.65 Å². The van der Waals surface area contributed by atoms with Crippen LogP contribution >= 0.6 is 0 Å². The Morgan fingerprint density at radius 2 is 1.73 bits per heavy atom. The lowest BCUT2D eigenvalue weighted by Gasteiger charge is -2.20. The summed E-state index contributed by atoms with van der Waals surface area (Å²) in [6.45, 7) is 5.95. The molecule has 0 fully saturated rings. The van der Waals surface area contributed by atoms with Crippen molar-refractivity contribution in [2.45, 2.75) is 39.5 Å². The minimum atomic E-state index is -0.829. The largest absolute Gasteiger partial charge is 0.481 e. The van der Waals surface area contributed by atoms with Crippen LogP contribution in [0.5, 0.6) is 0 Å². The van der Waals surface area contributed by atoms with Crippen LogP contribution in [0.4, 0.5) is 0 Å². The Hall–Kier alpha value is -3.47. The Bertz CT molecular complexity index is 1190. The highest BCUT2D eigenvalue weighted by atomic mass is 16.4. The summed E-state index contributed by atoms with van der Waals surface area (Å²) in [6.07, 6.45) is 3.14. The number of aliphatic carboxylic acids is 1. The standard InChI is InChI=1S/C25H25N3O2/c1-4-8-20(25(29)30)22-17(3)27-24-21(18-9-6-5-7-10-18)15-26-28(24)23(22)19-13-11-16(2)12-14-19/h5-7,9-15,20H,4,8H2,1-3H3,(H,29,30). The Morgan fingerprint density at radius 3 is 2.37 bits per heavy atom. The van der Waals surface area contributed by atoms with Crippen LogP contribution in [-0.4, -0.2) is 25.7 Å². The second-order valence-electron chi connectivity index (χ2n) is 7.66. The summed E-state index contributed by atoms with van der Waals surface area (Å²) in [5, 5.41) is 14.7. The van der Waals surface area contributed by atoms with Crippen molar-refractivity contribution < 1.29 is 9.90 Å². The molecule has 4 rings (SSSR count). The van der Waals surface area contributed by atoms with Crippen molar-refractivity contribution in [1.29, 1.82) is 0 Å². The number of carbonyl (C=O) groups is 1. The van der Waals surface area contributed by atoms with E-state index < -0.39 is 11.9 Å². The Kier molecular flexibility index (Phi) is 5.36. The first-order valence-corrected chi connectivity index (χ1v) is 10.2. The van der Waals surface area contributed by atoms with E-state index in [1.807, 2.05) is 81.6 Å². The normalized spacial score (nSPS) is 12.2. The predicted molar refractivity (Wildman–Crippen MR) is 119 cm³/mol. The second-order valence-corrected chi connectivity index (χ2v) is 7.66. The van der Waals surface area contributed by atoms with Crippen molar-refractivity contribution >= 4 is 11.6 Å². The van der Waals surface area contributed by atoms with E-state index >= 15 is 0 Å². The van der Waals surface area contributed by atoms with Gasteiger partial charge in [0, 0.05) is 22.4 Å². The zero-order valence-electron chi connectivity index (χ0n) is 17.5. The molecule has 2 aromatic heterocycles. The fourth-order valence-corrected chi connectivity index (χ4v) is 4.03. The smallest absolute Gasteiger partial charge is 0.311 e. The molecule has 0 saturated heterocycles. The maximum Gasteiger partial charge on any atom is 0.311 e. The monoisotopic (exact) mass is 399 g/mol. The van der Waals surface area contributed by atoms with Gasteiger partial charge in [0.1, 0.15) is 0 Å². The van der Waals surface area contributed by atoms with E-state index in [0.29, 0.717) is 6.42 Å². The van der Waals surface area contributed by atoms with Gasteiger partial charge in [-0.15, -0.1) is 0 Å². The van der Waals surface area contributed by atoms with E-state index in [2.05, 4.69) is 5.10 Å². The summed E-state index contributed by atoms with van der Waals surface area (Å²) >= 11 is 0. The molecule has 0 saturated carbocycles. The van der Waals surface area contributed by atoms with Crippen molar-refractivity contribution in [2.75, 3.05) is 0 Å². The molecule has 0 bridgehead atoms. The first-order valence-electron chi connectivity index (χ1n) is 10.2. The molecule has 1 N–H and O–H groups in total. The Labute approximate surface area is 176 Å². The number of nitrogens with zero attached hydrogens (tertiary/aromatic N) is 3. The summed E-state index contributed by atoms with van der Waals surface area (Å²) in [4.78, 5) is 17.0. The molecule has 5 nitrogen and oxygen atoms in total. The van der Waals surface area contributed by atoms with Gasteiger partial charge in [0.05, 0.1) is 17.8 Å². The van der Waals surface area contributed by atoms with Gasteiger partial charge in [0.25, 0.3) is 0 Å². The van der Waals surface area contributed by atoms with Crippen LogP contribution in [0.1, 0.15) is 42.5 Å². The molecule has 0 aliphatic rings. The number of rotatable bonds is 6. The van der Waals surface area contributed by atoms with Crippen molar-refractivity contribution in [3.63, 3.8) is 0 Å². The van der Waals surface area contributed by atoms with E-state index in [-0.39, 0.29) is 0 Å². The van der Waals surface area contributed by atoms with Crippen molar-refractivity contribution in [2.24, 2.45) is 0 Å². The van der Waals surface area contributed by atoms with Gasteiger partial charge in [-0.1, -0.05) is 73.5 Å². The molecule has 2 heterocycles. The quantitative estimate of drug-likeness (QED) is 0.455. The van der Waals surface area contributed by atoms with Gasteiger partial charge in [-0.2, -0.15) is 5.10 Å². The van der Waals surface area contributed by atoms with Gasteiger partial charge < -0.3 is 5.11 Å². The summed E-state index contributed by atoms with van der Waals surface area (Å²) < 4.78 is 1.81. The molecular formula is C25H25N3O2. The average Bonchev–Trinajstić information content (AvgIpc) is 3.16. The van der Waals surface area contributed by atoms with E-state index in [0.717, 1.165) is 51.3 Å². The lowest BCUT2D eigenvalue weighted by molar-refractivity contribution is -0.139. The molecule has 0 aliphatic heterocycles. The summed E-state index contributed by atoms with van der Waals surface area (Å²) in [5.74, 6) is -1.46. The van der Waals surface area contributed by atoms with Gasteiger partial charge in [0.2, 0.25) is 0 Å². The van der Waals surface area contributed by atoms with Crippen LogP contribution in [0.15, 0.2) is 60.8 Å². The molecule has 5 heteroatoms. The third-order valence-electron chi connectivity index (χ3n) is 5.51. The Morgan fingerprint density at radius 1 is 1.03 bits per heavy atom. The molecule has 152 valence electrons. The molecule has 2 aromatic carbocycles. The first-order chi connectivity index (χ1) is 14.5. The summed E-state index contributed by atoms with van der Waals surface area (Å²) in [7, 11) is 0. The van der Waals surface area contributed by atoms with Crippen LogP contribution in [0.3, 0.4) is 0 Å². The number of fused-ring (bicyclic) bond motifs is 1. The molecule has 1 unspecified atom stereocenters. The van der Waals surface area contributed by atoms with Crippen LogP contribution in [0, 0.1) is 13.8 Å². The first kappa shape index (κ1) is 19.8. The highest BCUT2D eigenvalue weighted by Crippen LogP contribution is 2.36. The topological polar surface area (TPSA) is 67.5 Å². The van der Waals surface area contributed by atoms with Crippen molar-refractivity contribution in [3.05, 3.63) is 77.6 Å². The average molecular weight is 399 g/mol. The fraction of sp³-hybridized carbons (Fsp3) is 0.240. The second kappa shape index (κ2) is 8.11.